The Bertz CT molecular complexity index is 1500. The van der Waals surface area contributed by atoms with Crippen molar-refractivity contribution in [3.8, 4) is 16.9 Å². The van der Waals surface area contributed by atoms with E-state index in [4.69, 9.17) is 4.74 Å². The second-order valence-electron chi connectivity index (χ2n) is 9.31. The number of nitrogens with zero attached hydrogens (tertiary/aromatic N) is 3. The lowest BCUT2D eigenvalue weighted by atomic mass is 9.98. The van der Waals surface area contributed by atoms with Crippen molar-refractivity contribution >= 4 is 27.5 Å². The van der Waals surface area contributed by atoms with Gasteiger partial charge in [-0.1, -0.05) is 43.3 Å². The predicted molar refractivity (Wildman–Crippen MR) is 151 cm³/mol. The lowest BCUT2D eigenvalue weighted by Gasteiger charge is -2.42. The van der Waals surface area contributed by atoms with Gasteiger partial charge in [0.1, 0.15) is 5.75 Å². The Labute approximate surface area is 233 Å². The van der Waals surface area contributed by atoms with E-state index in [1.807, 2.05) is 56.3 Å². The van der Waals surface area contributed by atoms with Crippen LogP contribution in [0.15, 0.2) is 71.6 Å². The fourth-order valence-corrected chi connectivity index (χ4v) is 6.12. The van der Waals surface area contributed by atoms with Gasteiger partial charge in [-0.3, -0.25) is 10.1 Å². The van der Waals surface area contributed by atoms with Gasteiger partial charge in [0.25, 0.3) is 5.69 Å². The summed E-state index contributed by atoms with van der Waals surface area (Å²) in [7, 11) is -4.24. The van der Waals surface area contributed by atoms with E-state index in [2.05, 4.69) is 9.62 Å². The van der Waals surface area contributed by atoms with Gasteiger partial charge in [0, 0.05) is 49.5 Å². The van der Waals surface area contributed by atoms with Crippen LogP contribution < -0.4 is 14.4 Å². The fourth-order valence-electron chi connectivity index (χ4n) is 4.94. The molecule has 1 amide bonds. The highest BCUT2D eigenvalue weighted by Gasteiger charge is 2.31. The third-order valence-corrected chi connectivity index (χ3v) is 8.36. The Balaban J connectivity index is 1.75. The van der Waals surface area contributed by atoms with Gasteiger partial charge in [0.15, 0.2) is 4.90 Å². The molecule has 0 unspecified atom stereocenters. The topological polar surface area (TPSA) is 142 Å². The quantitative estimate of drug-likeness (QED) is 0.264. The van der Waals surface area contributed by atoms with Crippen LogP contribution in [0, 0.1) is 10.1 Å². The molecule has 1 aliphatic rings. The Morgan fingerprint density at radius 2 is 1.82 bits per heavy atom. The van der Waals surface area contributed by atoms with Crippen LogP contribution in [0.25, 0.3) is 11.1 Å². The number of hydrogen-bond donors (Lipinski definition) is 2. The summed E-state index contributed by atoms with van der Waals surface area (Å²) in [6, 6.07) is 18.4. The average Bonchev–Trinajstić information content (AvgIpc) is 2.96. The summed E-state index contributed by atoms with van der Waals surface area (Å²) in [4.78, 5) is 25.4. The molecule has 2 N–H and O–H groups in total. The summed E-state index contributed by atoms with van der Waals surface area (Å²) in [6.45, 7) is 5.28. The molecule has 40 heavy (non-hydrogen) atoms. The first-order chi connectivity index (χ1) is 19.2. The number of amides is 1. The number of hydrogen-bond acceptors (Lipinski definition) is 7. The summed E-state index contributed by atoms with van der Waals surface area (Å²) >= 11 is 0. The molecule has 11 nitrogen and oxygen atoms in total. The van der Waals surface area contributed by atoms with Crippen molar-refractivity contribution in [1.82, 2.24) is 9.62 Å². The van der Waals surface area contributed by atoms with E-state index in [1.165, 1.54) is 23.1 Å². The molecule has 12 heteroatoms. The highest BCUT2D eigenvalue weighted by Crippen LogP contribution is 2.35. The first-order valence-electron chi connectivity index (χ1n) is 13.0. The summed E-state index contributed by atoms with van der Waals surface area (Å²) < 4.78 is 34.8. The zero-order valence-corrected chi connectivity index (χ0v) is 23.1. The van der Waals surface area contributed by atoms with Crippen LogP contribution in [0.3, 0.4) is 0 Å². The Hall–Kier alpha value is -4.16. The number of nitro benzene ring substituents is 1. The molecule has 1 aliphatic heterocycles. The highest BCUT2D eigenvalue weighted by atomic mass is 32.2. The lowest BCUT2D eigenvalue weighted by Crippen LogP contribution is -2.54. The number of rotatable bonds is 10. The number of nitrogens with one attached hydrogen (secondary N) is 1. The minimum Gasteiger partial charge on any atom is -0.493 e. The van der Waals surface area contributed by atoms with Gasteiger partial charge in [0.05, 0.1) is 11.5 Å². The molecule has 3 aromatic rings. The summed E-state index contributed by atoms with van der Waals surface area (Å²) in [6.07, 6.45) is -0.293. The molecule has 0 aromatic heterocycles. The molecule has 212 valence electrons. The number of benzene rings is 3. The predicted octanol–water partition coefficient (Wildman–Crippen LogP) is 4.72. The molecule has 1 saturated heterocycles. The van der Waals surface area contributed by atoms with Crippen LogP contribution in [0.1, 0.15) is 25.8 Å². The van der Waals surface area contributed by atoms with Crippen LogP contribution in [-0.4, -0.2) is 61.7 Å². The fraction of sp³-hybridized carbons (Fsp3) is 0.321. The second kappa shape index (κ2) is 12.3. The Morgan fingerprint density at radius 3 is 2.52 bits per heavy atom. The van der Waals surface area contributed by atoms with Crippen LogP contribution >= 0.6 is 0 Å². The van der Waals surface area contributed by atoms with E-state index < -0.39 is 31.6 Å². The molecule has 0 spiro atoms. The number of anilines is 1. The molecule has 1 fully saturated rings. The lowest BCUT2D eigenvalue weighted by molar-refractivity contribution is -0.387. The molecular formula is C28H32N4O7S. The van der Waals surface area contributed by atoms with E-state index in [-0.39, 0.29) is 12.6 Å². The van der Waals surface area contributed by atoms with Crippen molar-refractivity contribution in [3.63, 3.8) is 0 Å². The van der Waals surface area contributed by atoms with E-state index in [0.717, 1.165) is 22.9 Å². The number of ether oxygens (including phenoxy) is 1. The summed E-state index contributed by atoms with van der Waals surface area (Å²) in [5.74, 6) is 0.686. The Kier molecular flexibility index (Phi) is 8.90. The summed E-state index contributed by atoms with van der Waals surface area (Å²) in [5.41, 5.74) is 2.55. The van der Waals surface area contributed by atoms with Crippen molar-refractivity contribution < 1.29 is 28.0 Å². The van der Waals surface area contributed by atoms with Gasteiger partial charge in [-0.05, 0) is 48.7 Å². The third-order valence-electron chi connectivity index (χ3n) is 6.92. The molecule has 4 rings (SSSR count). The molecule has 0 aliphatic carbocycles. The normalized spacial score (nSPS) is 15.6. The van der Waals surface area contributed by atoms with Gasteiger partial charge >= 0.3 is 6.09 Å². The number of sulfonamides is 1. The van der Waals surface area contributed by atoms with Crippen LogP contribution in [-0.2, 0) is 16.6 Å². The highest BCUT2D eigenvalue weighted by molar-refractivity contribution is 7.89. The van der Waals surface area contributed by atoms with Crippen molar-refractivity contribution in [2.45, 2.75) is 37.8 Å². The van der Waals surface area contributed by atoms with Crippen molar-refractivity contribution in [3.05, 3.63) is 82.4 Å². The second-order valence-corrected chi connectivity index (χ2v) is 11.0. The zero-order chi connectivity index (χ0) is 28.9. The van der Waals surface area contributed by atoms with Gasteiger partial charge in [-0.2, -0.15) is 0 Å². The SMILES string of the molecule is CCOc1ccccc1-c1ccc(N2CCN(C(=O)O)C[C@H]2CC)c(CNS(=O)(=O)c2ccccc2[N+](=O)[O-])c1. The molecule has 1 atom stereocenters. The third kappa shape index (κ3) is 6.18. The number of para-hydroxylation sites is 2. The van der Waals surface area contributed by atoms with Gasteiger partial charge in [-0.25, -0.2) is 17.9 Å². The van der Waals surface area contributed by atoms with Crippen molar-refractivity contribution in [2.75, 3.05) is 31.1 Å². The van der Waals surface area contributed by atoms with Crippen molar-refractivity contribution in [2.24, 2.45) is 0 Å². The number of nitro groups is 1. The maximum atomic E-state index is 13.2. The standard InChI is InChI=1S/C28H32N4O7S/c1-3-22-19-30(28(33)34)15-16-31(22)24-14-13-20(23-9-5-7-11-26(23)39-4-2)17-21(24)18-29-40(37,38)27-12-8-6-10-25(27)32(35)36/h5-14,17,22,29H,3-4,15-16,18-19H2,1-2H3,(H,33,34)/t22-/m1/s1. The molecule has 0 radical (unpaired) electrons. The first kappa shape index (κ1) is 28.8. The van der Waals surface area contributed by atoms with Gasteiger partial charge in [0.2, 0.25) is 10.0 Å². The van der Waals surface area contributed by atoms with E-state index >= 15 is 0 Å². The van der Waals surface area contributed by atoms with E-state index in [9.17, 15) is 28.4 Å². The number of piperazine rings is 1. The molecule has 0 bridgehead atoms. The smallest absolute Gasteiger partial charge is 0.407 e. The summed E-state index contributed by atoms with van der Waals surface area (Å²) in [5, 5.41) is 21.0. The van der Waals surface area contributed by atoms with Crippen LogP contribution in [0.2, 0.25) is 0 Å². The van der Waals surface area contributed by atoms with E-state index in [1.54, 1.807) is 0 Å². The van der Waals surface area contributed by atoms with Crippen molar-refractivity contribution in [1.29, 1.82) is 0 Å². The van der Waals surface area contributed by atoms with Crippen LogP contribution in [0.4, 0.5) is 16.2 Å². The first-order valence-corrected chi connectivity index (χ1v) is 14.5. The molecule has 0 saturated carbocycles. The van der Waals surface area contributed by atoms with Gasteiger partial charge < -0.3 is 19.6 Å². The largest absolute Gasteiger partial charge is 0.493 e. The maximum Gasteiger partial charge on any atom is 0.407 e. The zero-order valence-electron chi connectivity index (χ0n) is 22.3. The minimum atomic E-state index is -4.24. The van der Waals surface area contributed by atoms with Gasteiger partial charge in [-0.15, -0.1) is 0 Å². The van der Waals surface area contributed by atoms with E-state index in [0.29, 0.717) is 44.0 Å². The van der Waals surface area contributed by atoms with Crippen LogP contribution in [0.5, 0.6) is 5.75 Å². The number of carboxylic acid groups (broad SMARTS) is 1. The average molecular weight is 569 g/mol. The molecule has 3 aromatic carbocycles. The molecule has 1 heterocycles. The molecular weight excluding hydrogens is 536 g/mol. The Morgan fingerprint density at radius 1 is 1.10 bits per heavy atom. The monoisotopic (exact) mass is 568 g/mol. The number of carbonyl (C=O) groups is 1. The minimum absolute atomic E-state index is 0.114. The maximum absolute atomic E-state index is 13.2.